The van der Waals surface area contributed by atoms with E-state index in [1.165, 1.54) is 16.7 Å². The second-order valence-electron chi connectivity index (χ2n) is 9.05. The van der Waals surface area contributed by atoms with Gasteiger partial charge in [-0.1, -0.05) is 60.2 Å². The first-order valence-corrected chi connectivity index (χ1v) is 11.4. The van der Waals surface area contributed by atoms with Crippen LogP contribution in [0.25, 0.3) is 0 Å². The third-order valence-corrected chi connectivity index (χ3v) is 6.69. The number of piperazine rings is 1. The molecule has 5 nitrogen and oxygen atoms in total. The molecule has 2 heterocycles. The molecule has 0 radical (unpaired) electrons. The topological polar surface area (TPSA) is 43.9 Å². The molecule has 0 bridgehead atoms. The first kappa shape index (κ1) is 21.6. The Morgan fingerprint density at radius 1 is 0.903 bits per heavy atom. The molecule has 2 aliphatic heterocycles. The predicted molar refractivity (Wildman–Crippen MR) is 123 cm³/mol. The van der Waals surface area contributed by atoms with Crippen LogP contribution in [0, 0.1) is 12.8 Å². The summed E-state index contributed by atoms with van der Waals surface area (Å²) in [6.07, 6.45) is 0.816. The van der Waals surface area contributed by atoms with Crippen molar-refractivity contribution in [3.63, 3.8) is 0 Å². The third-order valence-electron chi connectivity index (χ3n) is 6.69. The molecular formula is C26H33N3O2. The van der Waals surface area contributed by atoms with Gasteiger partial charge in [0.25, 0.3) is 0 Å². The Morgan fingerprint density at radius 3 is 2.32 bits per heavy atom. The molecule has 0 aromatic heterocycles. The van der Waals surface area contributed by atoms with Crippen LogP contribution in [-0.4, -0.2) is 65.8 Å². The number of aryl methyl sites for hydroxylation is 1. The molecule has 2 saturated heterocycles. The van der Waals surface area contributed by atoms with E-state index in [4.69, 9.17) is 0 Å². The smallest absolute Gasteiger partial charge is 0.227 e. The number of piperidine rings is 1. The standard InChI is InChI=1S/C26H33N3O2/c1-20-7-6-10-23(15-20)24-16-25(19-29(18-24)21(2)30)26(31)28-13-11-27(12-14-28)17-22-8-4-3-5-9-22/h3-10,15,24-25H,11-14,16-19H2,1-2H3/t24-,25-/m1/s1. The number of hydrogen-bond acceptors (Lipinski definition) is 3. The zero-order valence-electron chi connectivity index (χ0n) is 18.7. The van der Waals surface area contributed by atoms with Crippen molar-refractivity contribution in [2.45, 2.75) is 32.7 Å². The molecule has 0 N–H and O–H groups in total. The van der Waals surface area contributed by atoms with Crippen molar-refractivity contribution in [1.29, 1.82) is 0 Å². The molecule has 0 unspecified atom stereocenters. The lowest BCUT2D eigenvalue weighted by molar-refractivity contribution is -0.142. The van der Waals surface area contributed by atoms with Crippen molar-refractivity contribution in [2.24, 2.45) is 5.92 Å². The van der Waals surface area contributed by atoms with Gasteiger partial charge >= 0.3 is 0 Å². The highest BCUT2D eigenvalue weighted by molar-refractivity contribution is 5.81. The lowest BCUT2D eigenvalue weighted by Crippen LogP contribution is -2.53. The van der Waals surface area contributed by atoms with E-state index in [2.05, 4.69) is 60.4 Å². The minimum Gasteiger partial charge on any atom is -0.342 e. The predicted octanol–water partition coefficient (Wildman–Crippen LogP) is 3.29. The fourth-order valence-corrected chi connectivity index (χ4v) is 4.93. The van der Waals surface area contributed by atoms with Gasteiger partial charge in [-0.3, -0.25) is 14.5 Å². The van der Waals surface area contributed by atoms with Gasteiger partial charge in [-0.05, 0) is 24.5 Å². The number of hydrogen-bond donors (Lipinski definition) is 0. The summed E-state index contributed by atoms with van der Waals surface area (Å²) >= 11 is 0. The molecule has 0 aliphatic carbocycles. The Morgan fingerprint density at radius 2 is 1.65 bits per heavy atom. The molecule has 2 aliphatic rings. The van der Waals surface area contributed by atoms with Crippen LogP contribution >= 0.6 is 0 Å². The highest BCUT2D eigenvalue weighted by Crippen LogP contribution is 2.32. The number of rotatable bonds is 4. The van der Waals surface area contributed by atoms with Gasteiger partial charge < -0.3 is 9.80 Å². The van der Waals surface area contributed by atoms with E-state index < -0.39 is 0 Å². The number of benzene rings is 2. The lowest BCUT2D eigenvalue weighted by atomic mass is 9.83. The zero-order valence-corrected chi connectivity index (χ0v) is 18.7. The van der Waals surface area contributed by atoms with E-state index in [0.717, 1.165) is 39.1 Å². The molecule has 2 aromatic rings. The summed E-state index contributed by atoms with van der Waals surface area (Å²) in [6.45, 7) is 9.19. The summed E-state index contributed by atoms with van der Waals surface area (Å²) in [7, 11) is 0. The quantitative estimate of drug-likeness (QED) is 0.764. The summed E-state index contributed by atoms with van der Waals surface area (Å²) in [6, 6.07) is 19.0. The summed E-state index contributed by atoms with van der Waals surface area (Å²) in [5.74, 6) is 0.362. The molecule has 2 fully saturated rings. The van der Waals surface area contributed by atoms with Gasteiger partial charge in [-0.25, -0.2) is 0 Å². The molecule has 31 heavy (non-hydrogen) atoms. The van der Waals surface area contributed by atoms with E-state index in [0.29, 0.717) is 13.1 Å². The minimum absolute atomic E-state index is 0.0582. The number of carbonyl (C=O) groups excluding carboxylic acids is 2. The molecular weight excluding hydrogens is 386 g/mol. The van der Waals surface area contributed by atoms with Gasteiger partial charge in [0, 0.05) is 58.7 Å². The average Bonchev–Trinajstić information content (AvgIpc) is 2.79. The molecule has 2 aromatic carbocycles. The van der Waals surface area contributed by atoms with Crippen LogP contribution in [0.3, 0.4) is 0 Å². The third kappa shape index (κ3) is 5.34. The van der Waals surface area contributed by atoms with Crippen molar-refractivity contribution in [1.82, 2.24) is 14.7 Å². The number of amides is 2. The largest absolute Gasteiger partial charge is 0.342 e. The average molecular weight is 420 g/mol. The van der Waals surface area contributed by atoms with Crippen molar-refractivity contribution in [2.75, 3.05) is 39.3 Å². The highest BCUT2D eigenvalue weighted by Gasteiger charge is 2.36. The van der Waals surface area contributed by atoms with Crippen LogP contribution in [0.2, 0.25) is 0 Å². The molecule has 164 valence electrons. The second-order valence-corrected chi connectivity index (χ2v) is 9.05. The normalized spacial score (nSPS) is 22.4. The van der Waals surface area contributed by atoms with Gasteiger partial charge in [-0.15, -0.1) is 0 Å². The van der Waals surface area contributed by atoms with E-state index in [1.54, 1.807) is 6.92 Å². The molecule has 2 atom stereocenters. The molecule has 2 amide bonds. The molecule has 0 spiro atoms. The van der Waals surface area contributed by atoms with E-state index in [1.807, 2.05) is 15.9 Å². The van der Waals surface area contributed by atoms with Gasteiger partial charge in [-0.2, -0.15) is 0 Å². The maximum Gasteiger partial charge on any atom is 0.227 e. The van der Waals surface area contributed by atoms with E-state index in [-0.39, 0.29) is 23.7 Å². The summed E-state index contributed by atoms with van der Waals surface area (Å²) in [4.78, 5) is 31.9. The first-order chi connectivity index (χ1) is 15.0. The molecule has 0 saturated carbocycles. The highest BCUT2D eigenvalue weighted by atomic mass is 16.2. The monoisotopic (exact) mass is 419 g/mol. The van der Waals surface area contributed by atoms with Crippen LogP contribution in [0.15, 0.2) is 54.6 Å². The lowest BCUT2D eigenvalue weighted by Gasteiger charge is -2.41. The Balaban J connectivity index is 1.39. The van der Waals surface area contributed by atoms with Crippen molar-refractivity contribution >= 4 is 11.8 Å². The zero-order chi connectivity index (χ0) is 21.8. The number of nitrogens with zero attached hydrogens (tertiary/aromatic N) is 3. The maximum atomic E-state index is 13.4. The van der Waals surface area contributed by atoms with Gasteiger partial charge in [0.2, 0.25) is 11.8 Å². The van der Waals surface area contributed by atoms with Crippen LogP contribution < -0.4 is 0 Å². The van der Waals surface area contributed by atoms with Gasteiger partial charge in [0.15, 0.2) is 0 Å². The SMILES string of the molecule is CC(=O)N1C[C@H](C(=O)N2CCN(Cc3ccccc3)CC2)C[C@@H](c2cccc(C)c2)C1. The maximum absolute atomic E-state index is 13.4. The minimum atomic E-state index is -0.121. The first-order valence-electron chi connectivity index (χ1n) is 11.4. The second kappa shape index (κ2) is 9.65. The van der Waals surface area contributed by atoms with E-state index in [9.17, 15) is 9.59 Å². The van der Waals surface area contributed by atoms with Crippen molar-refractivity contribution < 1.29 is 9.59 Å². The summed E-state index contributed by atoms with van der Waals surface area (Å²) < 4.78 is 0. The van der Waals surface area contributed by atoms with Gasteiger partial charge in [0.1, 0.15) is 0 Å². The summed E-state index contributed by atoms with van der Waals surface area (Å²) in [5.41, 5.74) is 3.76. The molecule has 5 heteroatoms. The van der Waals surface area contributed by atoms with Crippen LogP contribution in [0.5, 0.6) is 0 Å². The van der Waals surface area contributed by atoms with E-state index >= 15 is 0 Å². The van der Waals surface area contributed by atoms with Crippen LogP contribution in [-0.2, 0) is 16.1 Å². The number of carbonyl (C=O) groups is 2. The van der Waals surface area contributed by atoms with Crippen LogP contribution in [0.4, 0.5) is 0 Å². The Labute approximate surface area is 185 Å². The molecule has 4 rings (SSSR count). The van der Waals surface area contributed by atoms with Crippen molar-refractivity contribution in [3.8, 4) is 0 Å². The summed E-state index contributed by atoms with van der Waals surface area (Å²) in [5, 5.41) is 0. The fraction of sp³-hybridized carbons (Fsp3) is 0.462. The van der Waals surface area contributed by atoms with Crippen LogP contribution in [0.1, 0.15) is 36.0 Å². The Bertz CT molecular complexity index is 906. The Hall–Kier alpha value is -2.66. The Kier molecular flexibility index (Phi) is 6.71. The van der Waals surface area contributed by atoms with Crippen molar-refractivity contribution in [3.05, 3.63) is 71.3 Å². The van der Waals surface area contributed by atoms with Gasteiger partial charge in [0.05, 0.1) is 5.92 Å². The number of likely N-dealkylation sites (tertiary alicyclic amines) is 1. The fourth-order valence-electron chi connectivity index (χ4n) is 4.93.